The fraction of sp³-hybridized carbons (Fsp3) is 0.571. The molecule has 0 aromatic heterocycles. The molecule has 2 rings (SSSR count). The van der Waals surface area contributed by atoms with Crippen LogP contribution in [0.3, 0.4) is 0 Å². The quantitative estimate of drug-likeness (QED) is 0.840. The van der Waals surface area contributed by atoms with Crippen LogP contribution in [0.25, 0.3) is 0 Å². The number of benzene rings is 1. The van der Waals surface area contributed by atoms with Gasteiger partial charge in [0, 0.05) is 12.6 Å². The number of phenols is 1. The van der Waals surface area contributed by atoms with E-state index in [1.807, 2.05) is 19.1 Å². The van der Waals surface area contributed by atoms with Crippen LogP contribution in [0.2, 0.25) is 0 Å². The van der Waals surface area contributed by atoms with E-state index in [2.05, 4.69) is 4.90 Å². The summed E-state index contributed by atoms with van der Waals surface area (Å²) in [6.45, 7) is 3.88. The third kappa shape index (κ3) is 3.45. The van der Waals surface area contributed by atoms with E-state index in [9.17, 15) is 10.2 Å². The van der Waals surface area contributed by atoms with Crippen LogP contribution in [0.5, 0.6) is 5.75 Å². The Morgan fingerprint density at radius 1 is 1.35 bits per heavy atom. The largest absolute Gasteiger partial charge is 0.508 e. The number of rotatable bonds is 4. The number of hydrogen-bond donors (Lipinski definition) is 2. The van der Waals surface area contributed by atoms with E-state index in [0.717, 1.165) is 19.5 Å². The molecule has 3 nitrogen and oxygen atoms in total. The molecule has 2 N–H and O–H groups in total. The van der Waals surface area contributed by atoms with Crippen molar-refractivity contribution in [2.75, 3.05) is 6.54 Å². The van der Waals surface area contributed by atoms with E-state index in [1.165, 1.54) is 18.4 Å². The summed E-state index contributed by atoms with van der Waals surface area (Å²) in [5, 5.41) is 18.7. The maximum Gasteiger partial charge on any atom is 0.115 e. The first-order valence-corrected chi connectivity index (χ1v) is 6.35. The molecule has 2 unspecified atom stereocenters. The van der Waals surface area contributed by atoms with Crippen molar-refractivity contribution < 1.29 is 10.2 Å². The van der Waals surface area contributed by atoms with Gasteiger partial charge in [-0.1, -0.05) is 12.1 Å². The van der Waals surface area contributed by atoms with Crippen LogP contribution in [0, 0.1) is 0 Å². The van der Waals surface area contributed by atoms with E-state index < -0.39 is 0 Å². The van der Waals surface area contributed by atoms with Gasteiger partial charge in [-0.3, -0.25) is 4.90 Å². The fourth-order valence-corrected chi connectivity index (χ4v) is 2.60. The second-order valence-electron chi connectivity index (χ2n) is 5.02. The van der Waals surface area contributed by atoms with Gasteiger partial charge in [0.25, 0.3) is 0 Å². The monoisotopic (exact) mass is 235 g/mol. The van der Waals surface area contributed by atoms with Gasteiger partial charge in [0.2, 0.25) is 0 Å². The lowest BCUT2D eigenvalue weighted by Gasteiger charge is -2.25. The van der Waals surface area contributed by atoms with E-state index in [4.69, 9.17) is 0 Å². The molecule has 0 aliphatic carbocycles. The predicted octanol–water partition coefficient (Wildman–Crippen LogP) is 2.13. The Bertz CT molecular complexity index is 348. The number of aliphatic hydroxyl groups is 1. The summed E-state index contributed by atoms with van der Waals surface area (Å²) in [5.41, 5.74) is 1.22. The average Bonchev–Trinajstić information content (AvgIpc) is 2.68. The fourth-order valence-electron chi connectivity index (χ4n) is 2.60. The maximum atomic E-state index is 9.47. The zero-order chi connectivity index (χ0) is 12.3. The molecular formula is C14H21NO2. The molecule has 1 aromatic rings. The van der Waals surface area contributed by atoms with Crippen molar-refractivity contribution in [1.82, 2.24) is 4.90 Å². The highest BCUT2D eigenvalue weighted by Gasteiger charge is 2.25. The molecule has 1 saturated heterocycles. The van der Waals surface area contributed by atoms with E-state index in [0.29, 0.717) is 11.8 Å². The predicted molar refractivity (Wildman–Crippen MR) is 67.8 cm³/mol. The molecule has 0 radical (unpaired) electrons. The van der Waals surface area contributed by atoms with Gasteiger partial charge in [0.1, 0.15) is 5.75 Å². The zero-order valence-corrected chi connectivity index (χ0v) is 10.3. The summed E-state index contributed by atoms with van der Waals surface area (Å²) >= 11 is 0. The Kier molecular flexibility index (Phi) is 4.02. The highest BCUT2D eigenvalue weighted by molar-refractivity contribution is 5.25. The zero-order valence-electron chi connectivity index (χ0n) is 10.3. The lowest BCUT2D eigenvalue weighted by atomic mass is 10.1. The third-order valence-electron chi connectivity index (χ3n) is 3.43. The third-order valence-corrected chi connectivity index (χ3v) is 3.43. The molecule has 94 valence electrons. The average molecular weight is 235 g/mol. The molecule has 0 bridgehead atoms. The van der Waals surface area contributed by atoms with Crippen LogP contribution in [-0.2, 0) is 6.54 Å². The van der Waals surface area contributed by atoms with Crippen LogP contribution < -0.4 is 0 Å². The first-order valence-electron chi connectivity index (χ1n) is 6.35. The molecular weight excluding hydrogens is 214 g/mol. The van der Waals surface area contributed by atoms with Crippen molar-refractivity contribution in [1.29, 1.82) is 0 Å². The molecule has 17 heavy (non-hydrogen) atoms. The lowest BCUT2D eigenvalue weighted by molar-refractivity contribution is 0.131. The summed E-state index contributed by atoms with van der Waals surface area (Å²) in [4.78, 5) is 2.43. The van der Waals surface area contributed by atoms with Crippen molar-refractivity contribution in [3.05, 3.63) is 29.8 Å². The first-order chi connectivity index (χ1) is 8.15. The van der Waals surface area contributed by atoms with Gasteiger partial charge in [-0.05, 0) is 50.4 Å². The lowest BCUT2D eigenvalue weighted by Crippen LogP contribution is -2.31. The number of likely N-dealkylation sites (tertiary alicyclic amines) is 1. The molecule has 1 heterocycles. The van der Waals surface area contributed by atoms with Gasteiger partial charge in [-0.15, -0.1) is 0 Å². The van der Waals surface area contributed by atoms with Crippen LogP contribution in [0.1, 0.15) is 31.7 Å². The Balaban J connectivity index is 1.95. The minimum Gasteiger partial charge on any atom is -0.508 e. The van der Waals surface area contributed by atoms with E-state index in [-0.39, 0.29) is 6.10 Å². The molecule has 1 aliphatic rings. The van der Waals surface area contributed by atoms with Crippen molar-refractivity contribution >= 4 is 0 Å². The van der Waals surface area contributed by atoms with Gasteiger partial charge in [-0.2, -0.15) is 0 Å². The summed E-state index contributed by atoms with van der Waals surface area (Å²) in [5.74, 6) is 0.315. The summed E-state index contributed by atoms with van der Waals surface area (Å²) in [6, 6.07) is 7.90. The van der Waals surface area contributed by atoms with Crippen molar-refractivity contribution in [3.63, 3.8) is 0 Å². The van der Waals surface area contributed by atoms with Gasteiger partial charge >= 0.3 is 0 Å². The summed E-state index contributed by atoms with van der Waals surface area (Å²) in [6.07, 6.45) is 3.04. The van der Waals surface area contributed by atoms with Crippen LogP contribution in [0.15, 0.2) is 24.3 Å². The second-order valence-corrected chi connectivity index (χ2v) is 5.02. The minimum absolute atomic E-state index is 0.222. The Labute approximate surface area is 103 Å². The number of aromatic hydroxyl groups is 1. The molecule has 1 aliphatic heterocycles. The molecule has 0 amide bonds. The Morgan fingerprint density at radius 2 is 2.06 bits per heavy atom. The van der Waals surface area contributed by atoms with E-state index in [1.54, 1.807) is 12.1 Å². The van der Waals surface area contributed by atoms with Gasteiger partial charge in [0.05, 0.1) is 6.10 Å². The molecule has 0 spiro atoms. The minimum atomic E-state index is -0.222. The van der Waals surface area contributed by atoms with Gasteiger partial charge < -0.3 is 10.2 Å². The van der Waals surface area contributed by atoms with Gasteiger partial charge in [-0.25, -0.2) is 0 Å². The highest BCUT2D eigenvalue weighted by Crippen LogP contribution is 2.24. The van der Waals surface area contributed by atoms with Crippen LogP contribution in [0.4, 0.5) is 0 Å². The molecule has 0 saturated carbocycles. The number of aliphatic hydroxyl groups excluding tert-OH is 1. The Hall–Kier alpha value is -1.06. The van der Waals surface area contributed by atoms with Crippen molar-refractivity contribution in [2.24, 2.45) is 0 Å². The Morgan fingerprint density at radius 3 is 2.71 bits per heavy atom. The standard InChI is InChI=1S/C14H21NO2/c1-11(16)9-13-3-2-8-15(13)10-12-4-6-14(17)7-5-12/h4-7,11,13,16-17H,2-3,8-10H2,1H3. The van der Waals surface area contributed by atoms with Crippen LogP contribution >= 0.6 is 0 Å². The number of phenolic OH excluding ortho intramolecular Hbond substituents is 1. The smallest absolute Gasteiger partial charge is 0.115 e. The maximum absolute atomic E-state index is 9.47. The first kappa shape index (κ1) is 12.4. The topological polar surface area (TPSA) is 43.7 Å². The molecule has 1 fully saturated rings. The van der Waals surface area contributed by atoms with Crippen LogP contribution in [-0.4, -0.2) is 33.8 Å². The van der Waals surface area contributed by atoms with Gasteiger partial charge in [0.15, 0.2) is 0 Å². The highest BCUT2D eigenvalue weighted by atomic mass is 16.3. The second kappa shape index (κ2) is 5.52. The van der Waals surface area contributed by atoms with Crippen molar-refractivity contribution in [2.45, 2.75) is 44.9 Å². The number of nitrogens with zero attached hydrogens (tertiary/aromatic N) is 1. The summed E-state index contributed by atoms with van der Waals surface area (Å²) < 4.78 is 0. The number of hydrogen-bond acceptors (Lipinski definition) is 3. The molecule has 1 aromatic carbocycles. The normalized spacial score (nSPS) is 22.8. The van der Waals surface area contributed by atoms with Crippen molar-refractivity contribution in [3.8, 4) is 5.75 Å². The van der Waals surface area contributed by atoms with E-state index >= 15 is 0 Å². The SMILES string of the molecule is CC(O)CC1CCCN1Cc1ccc(O)cc1. The molecule has 3 heteroatoms. The summed E-state index contributed by atoms with van der Waals surface area (Å²) in [7, 11) is 0. The molecule has 2 atom stereocenters.